The van der Waals surface area contributed by atoms with Gasteiger partial charge in [0.1, 0.15) is 30.4 Å². The van der Waals surface area contributed by atoms with Crippen LogP contribution in [0.5, 0.6) is 11.5 Å². The van der Waals surface area contributed by atoms with Gasteiger partial charge in [-0.25, -0.2) is 0 Å². The van der Waals surface area contributed by atoms with Crippen molar-refractivity contribution in [3.63, 3.8) is 0 Å². The van der Waals surface area contributed by atoms with E-state index in [1.54, 1.807) is 36.4 Å². The first-order valence-electron chi connectivity index (χ1n) is 9.44. The largest absolute Gasteiger partial charge is 0.492 e. The number of ether oxygens (including phenoxy) is 2. The number of hydrogen-bond acceptors (Lipinski definition) is 6. The molecule has 0 bridgehead atoms. The molecule has 0 spiro atoms. The number of halogens is 1. The van der Waals surface area contributed by atoms with E-state index in [1.165, 1.54) is 6.07 Å². The van der Waals surface area contributed by atoms with Crippen molar-refractivity contribution < 1.29 is 14.4 Å². The third-order valence-electron chi connectivity index (χ3n) is 4.14. The first-order valence-corrected chi connectivity index (χ1v) is 9.82. The highest BCUT2D eigenvalue weighted by molar-refractivity contribution is 6.30. The summed E-state index contributed by atoms with van der Waals surface area (Å²) in [6.07, 6.45) is 0. The molecule has 156 valence electrons. The van der Waals surface area contributed by atoms with Crippen LogP contribution in [0.2, 0.25) is 5.02 Å². The van der Waals surface area contributed by atoms with E-state index < -0.39 is 4.92 Å². The van der Waals surface area contributed by atoms with E-state index in [-0.39, 0.29) is 5.69 Å². The fourth-order valence-electron chi connectivity index (χ4n) is 2.71. The summed E-state index contributed by atoms with van der Waals surface area (Å²) in [6.45, 7) is 1.79. The van der Waals surface area contributed by atoms with E-state index in [2.05, 4.69) is 10.6 Å². The number of nitrogens with zero attached hydrogens (tertiary/aromatic N) is 1. The second-order valence-corrected chi connectivity index (χ2v) is 6.74. The van der Waals surface area contributed by atoms with Crippen molar-refractivity contribution in [3.05, 3.63) is 87.9 Å². The molecule has 3 rings (SSSR count). The number of nitrogens with one attached hydrogen (secondary N) is 2. The molecule has 0 heterocycles. The maximum atomic E-state index is 11.3. The molecular formula is C22H22ClN3O4. The minimum atomic E-state index is -0.409. The lowest BCUT2D eigenvalue weighted by Gasteiger charge is -2.12. The molecule has 8 heteroatoms. The Morgan fingerprint density at radius 1 is 0.833 bits per heavy atom. The molecule has 0 aromatic heterocycles. The molecule has 0 radical (unpaired) electrons. The number of nitro groups is 1. The molecule has 0 saturated heterocycles. The van der Waals surface area contributed by atoms with Gasteiger partial charge in [-0.15, -0.1) is 0 Å². The predicted molar refractivity (Wildman–Crippen MR) is 119 cm³/mol. The number of nitro benzene ring substituents is 1. The van der Waals surface area contributed by atoms with Crippen LogP contribution in [-0.4, -0.2) is 31.2 Å². The highest BCUT2D eigenvalue weighted by Crippen LogP contribution is 2.27. The van der Waals surface area contributed by atoms with Gasteiger partial charge in [0.15, 0.2) is 0 Å². The second-order valence-electron chi connectivity index (χ2n) is 6.31. The first-order chi connectivity index (χ1) is 14.6. The van der Waals surface area contributed by atoms with Crippen LogP contribution in [0.4, 0.5) is 17.1 Å². The van der Waals surface area contributed by atoms with Crippen molar-refractivity contribution in [2.45, 2.75) is 0 Å². The fourth-order valence-corrected chi connectivity index (χ4v) is 2.84. The topological polar surface area (TPSA) is 85.7 Å². The zero-order chi connectivity index (χ0) is 21.2. The molecule has 2 N–H and O–H groups in total. The maximum absolute atomic E-state index is 11.3. The lowest BCUT2D eigenvalue weighted by atomic mass is 10.2. The molecular weight excluding hydrogens is 406 g/mol. The molecule has 0 amide bonds. The number of anilines is 2. The maximum Gasteiger partial charge on any atom is 0.292 e. The summed E-state index contributed by atoms with van der Waals surface area (Å²) in [5.41, 5.74) is 1.20. The van der Waals surface area contributed by atoms with Crippen molar-refractivity contribution in [3.8, 4) is 11.5 Å². The molecule has 0 atom stereocenters. The summed E-state index contributed by atoms with van der Waals surface area (Å²) in [7, 11) is 0. The summed E-state index contributed by atoms with van der Waals surface area (Å²) in [5.74, 6) is 1.48. The Morgan fingerprint density at radius 2 is 1.47 bits per heavy atom. The highest BCUT2D eigenvalue weighted by Gasteiger charge is 2.14. The molecule has 3 aromatic carbocycles. The van der Waals surface area contributed by atoms with Gasteiger partial charge in [-0.2, -0.15) is 0 Å². The van der Waals surface area contributed by atoms with Gasteiger partial charge in [-0.1, -0.05) is 29.8 Å². The summed E-state index contributed by atoms with van der Waals surface area (Å²) >= 11 is 5.85. The zero-order valence-corrected chi connectivity index (χ0v) is 17.0. The van der Waals surface area contributed by atoms with Crippen molar-refractivity contribution >= 4 is 28.7 Å². The normalized spacial score (nSPS) is 10.3. The van der Waals surface area contributed by atoms with Gasteiger partial charge in [-0.05, 0) is 48.5 Å². The van der Waals surface area contributed by atoms with Crippen molar-refractivity contribution in [2.24, 2.45) is 0 Å². The zero-order valence-electron chi connectivity index (χ0n) is 16.2. The minimum absolute atomic E-state index is 0.0117. The Balaban J connectivity index is 1.50. The molecule has 0 aliphatic rings. The summed E-state index contributed by atoms with van der Waals surface area (Å²) in [6, 6.07) is 21.4. The quantitative estimate of drug-likeness (QED) is 0.247. The van der Waals surface area contributed by atoms with E-state index in [4.69, 9.17) is 21.1 Å². The first kappa shape index (κ1) is 21.3. The molecule has 0 unspecified atom stereocenters. The van der Waals surface area contributed by atoms with E-state index in [9.17, 15) is 10.1 Å². The Bertz CT molecular complexity index is 952. The van der Waals surface area contributed by atoms with Gasteiger partial charge in [-0.3, -0.25) is 10.1 Å². The Hall–Kier alpha value is -3.45. The van der Waals surface area contributed by atoms with Crippen LogP contribution in [0, 0.1) is 10.1 Å². The highest BCUT2D eigenvalue weighted by atomic mass is 35.5. The molecule has 0 aliphatic heterocycles. The lowest BCUT2D eigenvalue weighted by molar-refractivity contribution is -0.383. The Morgan fingerprint density at radius 3 is 2.13 bits per heavy atom. The van der Waals surface area contributed by atoms with Crippen LogP contribution in [0.15, 0.2) is 72.8 Å². The van der Waals surface area contributed by atoms with Crippen LogP contribution in [-0.2, 0) is 0 Å². The standard InChI is InChI=1S/C22H22ClN3O4/c23-17-6-9-20(10-7-17)30-14-12-24-18-8-11-22(26(27)28)21(16-18)25-13-15-29-19-4-2-1-3-5-19/h1-11,16,24-25H,12-15H2. The van der Waals surface area contributed by atoms with Gasteiger partial charge in [0.2, 0.25) is 0 Å². The van der Waals surface area contributed by atoms with Gasteiger partial charge in [0.05, 0.1) is 4.92 Å². The number of benzene rings is 3. The predicted octanol–water partition coefficient (Wildman–Crippen LogP) is 5.23. The average molecular weight is 428 g/mol. The van der Waals surface area contributed by atoms with Gasteiger partial charge >= 0.3 is 0 Å². The Kier molecular flexibility index (Phi) is 7.74. The van der Waals surface area contributed by atoms with Gasteiger partial charge < -0.3 is 20.1 Å². The molecule has 3 aromatic rings. The minimum Gasteiger partial charge on any atom is -0.492 e. The van der Waals surface area contributed by atoms with E-state index in [0.717, 1.165) is 17.2 Å². The summed E-state index contributed by atoms with van der Waals surface area (Å²) in [5, 5.41) is 18.2. The number of rotatable bonds is 11. The van der Waals surface area contributed by atoms with Crippen LogP contribution < -0.4 is 20.1 Å². The summed E-state index contributed by atoms with van der Waals surface area (Å²) in [4.78, 5) is 10.9. The van der Waals surface area contributed by atoms with Gasteiger partial charge in [0.25, 0.3) is 5.69 Å². The van der Waals surface area contributed by atoms with Crippen LogP contribution >= 0.6 is 11.6 Å². The molecule has 0 fully saturated rings. The average Bonchev–Trinajstić information content (AvgIpc) is 2.76. The smallest absolute Gasteiger partial charge is 0.292 e. The van der Waals surface area contributed by atoms with Crippen molar-refractivity contribution in [1.82, 2.24) is 0 Å². The van der Waals surface area contributed by atoms with E-state index in [0.29, 0.717) is 37.0 Å². The molecule has 30 heavy (non-hydrogen) atoms. The molecule has 0 aliphatic carbocycles. The molecule has 0 saturated carbocycles. The fraction of sp³-hybridized carbons (Fsp3) is 0.182. The third kappa shape index (κ3) is 6.56. The Labute approximate surface area is 179 Å². The van der Waals surface area contributed by atoms with E-state index in [1.807, 2.05) is 30.3 Å². The van der Waals surface area contributed by atoms with Crippen LogP contribution in [0.3, 0.4) is 0 Å². The third-order valence-corrected chi connectivity index (χ3v) is 4.39. The van der Waals surface area contributed by atoms with Crippen molar-refractivity contribution in [1.29, 1.82) is 0 Å². The SMILES string of the molecule is O=[N+]([O-])c1ccc(NCCOc2ccc(Cl)cc2)cc1NCCOc1ccccc1. The summed E-state index contributed by atoms with van der Waals surface area (Å²) < 4.78 is 11.2. The second kappa shape index (κ2) is 10.9. The lowest BCUT2D eigenvalue weighted by Crippen LogP contribution is -2.14. The number of para-hydroxylation sites is 1. The van der Waals surface area contributed by atoms with Gasteiger partial charge in [0, 0.05) is 29.9 Å². The van der Waals surface area contributed by atoms with E-state index >= 15 is 0 Å². The monoisotopic (exact) mass is 427 g/mol. The molecule has 7 nitrogen and oxygen atoms in total. The van der Waals surface area contributed by atoms with Crippen LogP contribution in [0.1, 0.15) is 0 Å². The van der Waals surface area contributed by atoms with Crippen molar-refractivity contribution in [2.75, 3.05) is 36.9 Å². The van der Waals surface area contributed by atoms with Crippen LogP contribution in [0.25, 0.3) is 0 Å². The number of hydrogen-bond donors (Lipinski definition) is 2.